The highest BCUT2D eigenvalue weighted by Crippen LogP contribution is 2.29. The van der Waals surface area contributed by atoms with E-state index >= 15 is 0 Å². The number of hydrogen-bond donors (Lipinski definition) is 0. The Morgan fingerprint density at radius 1 is 1.33 bits per heavy atom. The molecule has 1 aromatic heterocycles. The maximum Gasteiger partial charge on any atom is 0.419 e. The van der Waals surface area contributed by atoms with Gasteiger partial charge in [0.15, 0.2) is 5.78 Å². The third kappa shape index (κ3) is 2.42. The van der Waals surface area contributed by atoms with Crippen molar-refractivity contribution < 1.29 is 18.0 Å². The summed E-state index contributed by atoms with van der Waals surface area (Å²) in [6.07, 6.45) is -2.78. The largest absolute Gasteiger partial charge is 0.419 e. The van der Waals surface area contributed by atoms with E-state index in [9.17, 15) is 18.0 Å². The molecule has 0 spiro atoms. The van der Waals surface area contributed by atoms with E-state index in [2.05, 4.69) is 5.10 Å². The molecule has 18 heavy (non-hydrogen) atoms. The second kappa shape index (κ2) is 4.29. The zero-order valence-corrected chi connectivity index (χ0v) is 9.40. The van der Waals surface area contributed by atoms with Crippen LogP contribution in [-0.2, 0) is 6.18 Å². The van der Waals surface area contributed by atoms with Gasteiger partial charge in [-0.1, -0.05) is 12.1 Å². The first-order valence-electron chi connectivity index (χ1n) is 5.11. The van der Waals surface area contributed by atoms with Crippen LogP contribution in [0.4, 0.5) is 13.2 Å². The van der Waals surface area contributed by atoms with E-state index in [1.807, 2.05) is 0 Å². The van der Waals surface area contributed by atoms with Crippen LogP contribution in [0.5, 0.6) is 0 Å². The summed E-state index contributed by atoms with van der Waals surface area (Å²) in [5, 5.41) is 3.64. The lowest BCUT2D eigenvalue weighted by atomic mass is 10.1. The summed E-state index contributed by atoms with van der Waals surface area (Å²) in [7, 11) is 0. The zero-order chi connectivity index (χ0) is 13.3. The molecule has 0 unspecified atom stereocenters. The van der Waals surface area contributed by atoms with Gasteiger partial charge in [0.05, 0.1) is 17.4 Å². The lowest BCUT2D eigenvalue weighted by Gasteiger charge is -2.03. The standard InChI is InChI=1S/C12H9F3N2O/c1-8(18)9-3-2-4-11(5-9)17-7-10(6-16-17)12(13,14)15/h2-7H,1H3. The van der Waals surface area contributed by atoms with Crippen LogP contribution < -0.4 is 0 Å². The minimum atomic E-state index is -4.42. The minimum Gasteiger partial charge on any atom is -0.295 e. The fraction of sp³-hybridized carbons (Fsp3) is 0.167. The Kier molecular flexibility index (Phi) is 2.94. The number of Topliss-reactive ketones (excluding diaryl/α,β-unsaturated/α-hetero) is 1. The first-order chi connectivity index (χ1) is 8.38. The van der Waals surface area contributed by atoms with Crippen LogP contribution in [0, 0.1) is 0 Å². The van der Waals surface area contributed by atoms with Gasteiger partial charge in [0.25, 0.3) is 0 Å². The predicted octanol–water partition coefficient (Wildman–Crippen LogP) is 3.09. The van der Waals surface area contributed by atoms with Crippen molar-refractivity contribution in [2.45, 2.75) is 13.1 Å². The third-order valence-corrected chi connectivity index (χ3v) is 2.43. The number of nitrogens with zero attached hydrogens (tertiary/aromatic N) is 2. The van der Waals surface area contributed by atoms with Gasteiger partial charge in [0.1, 0.15) is 0 Å². The Balaban J connectivity index is 2.40. The smallest absolute Gasteiger partial charge is 0.295 e. The van der Waals surface area contributed by atoms with Crippen molar-refractivity contribution in [1.29, 1.82) is 0 Å². The number of carbonyl (C=O) groups is 1. The Morgan fingerprint density at radius 3 is 2.61 bits per heavy atom. The molecule has 6 heteroatoms. The number of hydrogen-bond acceptors (Lipinski definition) is 2. The molecule has 0 aliphatic heterocycles. The van der Waals surface area contributed by atoms with Crippen LogP contribution in [0.3, 0.4) is 0 Å². The highest BCUT2D eigenvalue weighted by Gasteiger charge is 2.32. The van der Waals surface area contributed by atoms with Crippen LogP contribution >= 0.6 is 0 Å². The topological polar surface area (TPSA) is 34.9 Å². The SMILES string of the molecule is CC(=O)c1cccc(-n2cc(C(F)(F)F)cn2)c1. The summed E-state index contributed by atoms with van der Waals surface area (Å²) < 4.78 is 38.3. The quantitative estimate of drug-likeness (QED) is 0.772. The van der Waals surface area contributed by atoms with Gasteiger partial charge < -0.3 is 0 Å². The van der Waals surface area contributed by atoms with Crippen molar-refractivity contribution in [1.82, 2.24) is 9.78 Å². The maximum atomic E-state index is 12.4. The van der Waals surface area contributed by atoms with E-state index in [-0.39, 0.29) is 5.78 Å². The normalized spacial score (nSPS) is 11.6. The Morgan fingerprint density at radius 2 is 2.06 bits per heavy atom. The molecule has 0 atom stereocenters. The molecule has 0 saturated heterocycles. The van der Waals surface area contributed by atoms with Crippen LogP contribution in [0.15, 0.2) is 36.7 Å². The molecule has 0 N–H and O–H groups in total. The van der Waals surface area contributed by atoms with Crippen molar-refractivity contribution in [2.75, 3.05) is 0 Å². The summed E-state index contributed by atoms with van der Waals surface area (Å²) in [5.74, 6) is -0.153. The number of aromatic nitrogens is 2. The first-order valence-corrected chi connectivity index (χ1v) is 5.11. The van der Waals surface area contributed by atoms with E-state index < -0.39 is 11.7 Å². The van der Waals surface area contributed by atoms with Gasteiger partial charge in [-0.15, -0.1) is 0 Å². The highest BCUT2D eigenvalue weighted by molar-refractivity contribution is 5.94. The van der Waals surface area contributed by atoms with Gasteiger partial charge in [0, 0.05) is 11.8 Å². The molecule has 0 radical (unpaired) electrons. The zero-order valence-electron chi connectivity index (χ0n) is 9.40. The molecule has 94 valence electrons. The fourth-order valence-corrected chi connectivity index (χ4v) is 1.48. The van der Waals surface area contributed by atoms with Crippen molar-refractivity contribution in [3.05, 3.63) is 47.8 Å². The van der Waals surface area contributed by atoms with Crippen molar-refractivity contribution >= 4 is 5.78 Å². The van der Waals surface area contributed by atoms with Gasteiger partial charge in [-0.25, -0.2) is 4.68 Å². The summed E-state index contributed by atoms with van der Waals surface area (Å²) in [6.45, 7) is 1.39. The summed E-state index contributed by atoms with van der Waals surface area (Å²) in [4.78, 5) is 11.2. The van der Waals surface area contributed by atoms with Crippen molar-refractivity contribution in [2.24, 2.45) is 0 Å². The van der Waals surface area contributed by atoms with E-state index in [0.29, 0.717) is 11.3 Å². The Bertz CT molecular complexity index is 587. The molecule has 3 nitrogen and oxygen atoms in total. The van der Waals surface area contributed by atoms with Crippen LogP contribution in [-0.4, -0.2) is 15.6 Å². The molecular weight excluding hydrogens is 245 g/mol. The number of halogens is 3. The lowest BCUT2D eigenvalue weighted by molar-refractivity contribution is -0.137. The molecule has 0 saturated carbocycles. The molecule has 0 aliphatic carbocycles. The second-order valence-electron chi connectivity index (χ2n) is 3.78. The monoisotopic (exact) mass is 254 g/mol. The fourth-order valence-electron chi connectivity index (χ4n) is 1.48. The third-order valence-electron chi connectivity index (χ3n) is 2.43. The van der Waals surface area contributed by atoms with Crippen LogP contribution in [0.25, 0.3) is 5.69 Å². The summed E-state index contributed by atoms with van der Waals surface area (Å²) in [6, 6.07) is 6.27. The van der Waals surface area contributed by atoms with Gasteiger partial charge in [0.2, 0.25) is 0 Å². The number of ketones is 1. The number of alkyl halides is 3. The molecule has 2 aromatic rings. The average molecular weight is 254 g/mol. The van der Waals surface area contributed by atoms with Gasteiger partial charge in [-0.05, 0) is 19.1 Å². The Labute approximate surface area is 101 Å². The lowest BCUT2D eigenvalue weighted by Crippen LogP contribution is -2.03. The first kappa shape index (κ1) is 12.3. The van der Waals surface area contributed by atoms with Gasteiger partial charge in [-0.3, -0.25) is 4.79 Å². The number of rotatable bonds is 2. The number of carbonyl (C=O) groups excluding carboxylic acids is 1. The minimum absolute atomic E-state index is 0.153. The maximum absolute atomic E-state index is 12.4. The molecule has 1 aromatic carbocycles. The molecular formula is C12H9F3N2O. The molecule has 0 fully saturated rings. The van der Waals surface area contributed by atoms with E-state index in [1.54, 1.807) is 18.2 Å². The Hall–Kier alpha value is -2.11. The molecule has 0 bridgehead atoms. The van der Waals surface area contributed by atoms with E-state index in [0.717, 1.165) is 17.1 Å². The van der Waals surface area contributed by atoms with E-state index in [4.69, 9.17) is 0 Å². The predicted molar refractivity (Wildman–Crippen MR) is 58.6 cm³/mol. The number of benzene rings is 1. The van der Waals surface area contributed by atoms with Gasteiger partial charge >= 0.3 is 6.18 Å². The van der Waals surface area contributed by atoms with Crippen LogP contribution in [0.2, 0.25) is 0 Å². The molecule has 0 amide bonds. The molecule has 0 aliphatic rings. The summed E-state index contributed by atoms with van der Waals surface area (Å²) in [5.41, 5.74) is 0.0190. The van der Waals surface area contributed by atoms with Crippen LogP contribution in [0.1, 0.15) is 22.8 Å². The van der Waals surface area contributed by atoms with Crippen molar-refractivity contribution in [3.8, 4) is 5.69 Å². The average Bonchev–Trinajstić information content (AvgIpc) is 2.78. The van der Waals surface area contributed by atoms with E-state index in [1.165, 1.54) is 13.0 Å². The second-order valence-corrected chi connectivity index (χ2v) is 3.78. The van der Waals surface area contributed by atoms with Gasteiger partial charge in [-0.2, -0.15) is 18.3 Å². The molecule has 2 rings (SSSR count). The molecule has 1 heterocycles. The highest BCUT2D eigenvalue weighted by atomic mass is 19.4. The van der Waals surface area contributed by atoms with Crippen molar-refractivity contribution in [3.63, 3.8) is 0 Å². The summed E-state index contributed by atoms with van der Waals surface area (Å²) >= 11 is 0.